The van der Waals surface area contributed by atoms with Crippen LogP contribution in [0, 0.1) is 0 Å². The molecule has 0 saturated carbocycles. The SMILES string of the molecule is CC(C)(C)c1cnc(/C=C/c2cnc(NC(=O)N3CCCCC3CCO)s2)o1. The number of rotatable bonds is 5. The topological polar surface area (TPSA) is 91.5 Å². The van der Waals surface area contributed by atoms with Gasteiger partial charge in [0, 0.05) is 41.8 Å². The molecule has 2 amide bonds. The third-order valence-electron chi connectivity index (χ3n) is 4.74. The summed E-state index contributed by atoms with van der Waals surface area (Å²) in [6.07, 6.45) is 10.8. The molecule has 1 fully saturated rings. The van der Waals surface area contributed by atoms with E-state index in [9.17, 15) is 9.90 Å². The van der Waals surface area contributed by atoms with Crippen LogP contribution in [0.1, 0.15) is 63.0 Å². The van der Waals surface area contributed by atoms with E-state index in [4.69, 9.17) is 4.42 Å². The van der Waals surface area contributed by atoms with Crippen LogP contribution in [-0.4, -0.2) is 45.2 Å². The lowest BCUT2D eigenvalue weighted by Crippen LogP contribution is -2.46. The normalized spacial score (nSPS) is 18.0. The second kappa shape index (κ2) is 8.87. The van der Waals surface area contributed by atoms with Gasteiger partial charge >= 0.3 is 6.03 Å². The van der Waals surface area contributed by atoms with Gasteiger partial charge in [-0.3, -0.25) is 5.32 Å². The summed E-state index contributed by atoms with van der Waals surface area (Å²) in [5.41, 5.74) is -0.0800. The largest absolute Gasteiger partial charge is 0.441 e. The van der Waals surface area contributed by atoms with Crippen molar-refractivity contribution in [2.45, 2.75) is 57.9 Å². The van der Waals surface area contributed by atoms with Crippen LogP contribution in [0.2, 0.25) is 0 Å². The first-order valence-corrected chi connectivity index (χ1v) is 10.5. The summed E-state index contributed by atoms with van der Waals surface area (Å²) < 4.78 is 5.74. The van der Waals surface area contributed by atoms with Crippen molar-refractivity contribution in [3.8, 4) is 0 Å². The molecule has 1 unspecified atom stereocenters. The maximum absolute atomic E-state index is 12.6. The third kappa shape index (κ3) is 5.20. The molecule has 0 aromatic carbocycles. The Morgan fingerprint density at radius 2 is 2.18 bits per heavy atom. The number of nitrogens with one attached hydrogen (secondary N) is 1. The van der Waals surface area contributed by atoms with Gasteiger partial charge in [-0.15, -0.1) is 0 Å². The monoisotopic (exact) mass is 404 g/mol. The highest BCUT2D eigenvalue weighted by molar-refractivity contribution is 7.16. The summed E-state index contributed by atoms with van der Waals surface area (Å²) >= 11 is 1.40. The summed E-state index contributed by atoms with van der Waals surface area (Å²) in [6.45, 7) is 7.04. The van der Waals surface area contributed by atoms with Gasteiger partial charge in [0.2, 0.25) is 5.89 Å². The van der Waals surface area contributed by atoms with E-state index in [1.165, 1.54) is 11.3 Å². The molecule has 8 heteroatoms. The Morgan fingerprint density at radius 3 is 2.89 bits per heavy atom. The van der Waals surface area contributed by atoms with E-state index >= 15 is 0 Å². The molecular formula is C20H28N4O3S. The lowest BCUT2D eigenvalue weighted by Gasteiger charge is -2.35. The number of carbonyl (C=O) groups is 1. The van der Waals surface area contributed by atoms with Crippen molar-refractivity contribution in [3.05, 3.63) is 28.9 Å². The number of aliphatic hydroxyl groups is 1. The van der Waals surface area contributed by atoms with Gasteiger partial charge < -0.3 is 14.4 Å². The molecule has 3 rings (SSSR count). The molecule has 0 aliphatic carbocycles. The van der Waals surface area contributed by atoms with Crippen molar-refractivity contribution in [2.75, 3.05) is 18.5 Å². The highest BCUT2D eigenvalue weighted by atomic mass is 32.1. The smallest absolute Gasteiger partial charge is 0.323 e. The number of likely N-dealkylation sites (tertiary alicyclic amines) is 1. The number of urea groups is 1. The average molecular weight is 405 g/mol. The Morgan fingerprint density at radius 1 is 1.36 bits per heavy atom. The maximum atomic E-state index is 12.6. The van der Waals surface area contributed by atoms with Crippen molar-refractivity contribution in [1.29, 1.82) is 0 Å². The van der Waals surface area contributed by atoms with Crippen LogP contribution in [0.4, 0.5) is 9.93 Å². The van der Waals surface area contributed by atoms with Gasteiger partial charge in [-0.1, -0.05) is 32.1 Å². The van der Waals surface area contributed by atoms with E-state index in [1.807, 2.05) is 11.0 Å². The summed E-state index contributed by atoms with van der Waals surface area (Å²) in [5, 5.41) is 12.7. The first-order chi connectivity index (χ1) is 13.4. The fraction of sp³-hybridized carbons (Fsp3) is 0.550. The summed E-state index contributed by atoms with van der Waals surface area (Å²) in [6, 6.07) is -0.0503. The van der Waals surface area contributed by atoms with Crippen molar-refractivity contribution in [1.82, 2.24) is 14.9 Å². The second-order valence-electron chi connectivity index (χ2n) is 8.00. The number of thiazole rings is 1. The van der Waals surface area contributed by atoms with Crippen LogP contribution in [0.5, 0.6) is 0 Å². The van der Waals surface area contributed by atoms with E-state index in [1.54, 1.807) is 18.5 Å². The van der Waals surface area contributed by atoms with Gasteiger partial charge in [-0.25, -0.2) is 14.8 Å². The zero-order valence-electron chi connectivity index (χ0n) is 16.6. The molecule has 2 N–H and O–H groups in total. The molecule has 2 aromatic heterocycles. The number of nitrogens with zero attached hydrogens (tertiary/aromatic N) is 3. The van der Waals surface area contributed by atoms with Gasteiger partial charge in [0.15, 0.2) is 5.13 Å². The number of oxazole rings is 1. The molecule has 0 radical (unpaired) electrons. The number of carbonyl (C=O) groups excluding carboxylic acids is 1. The maximum Gasteiger partial charge on any atom is 0.323 e. The number of aliphatic hydroxyl groups excluding tert-OH is 1. The van der Waals surface area contributed by atoms with E-state index in [0.717, 1.165) is 36.4 Å². The molecule has 7 nitrogen and oxygen atoms in total. The van der Waals surface area contributed by atoms with Gasteiger partial charge in [-0.05, 0) is 31.8 Å². The Hall–Kier alpha value is -2.19. The Labute approximate surface area is 169 Å². The van der Waals surface area contributed by atoms with Crippen LogP contribution < -0.4 is 5.32 Å². The second-order valence-corrected chi connectivity index (χ2v) is 9.06. The van der Waals surface area contributed by atoms with Crippen molar-refractivity contribution in [2.24, 2.45) is 0 Å². The van der Waals surface area contributed by atoms with Gasteiger partial charge in [0.1, 0.15) is 5.76 Å². The minimum atomic E-state index is -0.148. The minimum absolute atomic E-state index is 0.0800. The number of hydrogen-bond acceptors (Lipinski definition) is 6. The van der Waals surface area contributed by atoms with E-state index in [2.05, 4.69) is 36.1 Å². The molecule has 0 spiro atoms. The van der Waals surface area contributed by atoms with Crippen LogP contribution >= 0.6 is 11.3 Å². The fourth-order valence-corrected chi connectivity index (χ4v) is 3.88. The first-order valence-electron chi connectivity index (χ1n) is 9.65. The standard InChI is InChI=1S/C20H28N4O3S/c1-20(2,3)16-13-21-17(27-16)8-7-15-12-22-18(28-15)23-19(26)24-10-5-4-6-14(24)9-11-25/h7-8,12-14,25H,4-6,9-11H2,1-3H3,(H,22,23,26)/b8-7+. The van der Waals surface area contributed by atoms with E-state index < -0.39 is 0 Å². The first kappa shape index (κ1) is 20.5. The number of aromatic nitrogens is 2. The quantitative estimate of drug-likeness (QED) is 0.772. The summed E-state index contributed by atoms with van der Waals surface area (Å²) in [7, 11) is 0. The minimum Gasteiger partial charge on any atom is -0.441 e. The molecule has 1 aliphatic rings. The van der Waals surface area contributed by atoms with Gasteiger partial charge in [-0.2, -0.15) is 0 Å². The number of hydrogen-bond donors (Lipinski definition) is 2. The van der Waals surface area contributed by atoms with E-state index in [0.29, 0.717) is 17.4 Å². The molecule has 0 bridgehead atoms. The van der Waals surface area contributed by atoms with Crippen molar-refractivity contribution < 1.29 is 14.3 Å². The summed E-state index contributed by atoms with van der Waals surface area (Å²) in [4.78, 5) is 23.9. The molecule has 152 valence electrons. The zero-order valence-corrected chi connectivity index (χ0v) is 17.5. The van der Waals surface area contributed by atoms with E-state index in [-0.39, 0.29) is 24.1 Å². The molecule has 1 atom stereocenters. The van der Waals surface area contributed by atoms with Gasteiger partial charge in [0.25, 0.3) is 0 Å². The molecule has 28 heavy (non-hydrogen) atoms. The van der Waals surface area contributed by atoms with Crippen molar-refractivity contribution in [3.63, 3.8) is 0 Å². The molecular weight excluding hydrogens is 376 g/mol. The Kier molecular flexibility index (Phi) is 6.51. The number of amides is 2. The summed E-state index contributed by atoms with van der Waals surface area (Å²) in [5.74, 6) is 1.38. The predicted molar refractivity (Wildman–Crippen MR) is 111 cm³/mol. The number of anilines is 1. The van der Waals surface area contributed by atoms with Crippen LogP contribution in [0.15, 0.2) is 16.8 Å². The highest BCUT2D eigenvalue weighted by Gasteiger charge is 2.26. The number of piperidine rings is 1. The lowest BCUT2D eigenvalue weighted by atomic mass is 9.94. The molecule has 3 heterocycles. The molecule has 2 aromatic rings. The zero-order chi connectivity index (χ0) is 20.1. The predicted octanol–water partition coefficient (Wildman–Crippen LogP) is 4.37. The van der Waals surface area contributed by atoms with Crippen LogP contribution in [-0.2, 0) is 5.41 Å². The molecule has 1 saturated heterocycles. The Balaban J connectivity index is 1.60. The lowest BCUT2D eigenvalue weighted by molar-refractivity contribution is 0.141. The van der Waals surface area contributed by atoms with Crippen LogP contribution in [0.25, 0.3) is 12.2 Å². The highest BCUT2D eigenvalue weighted by Crippen LogP contribution is 2.25. The van der Waals surface area contributed by atoms with Crippen LogP contribution in [0.3, 0.4) is 0 Å². The molecule has 1 aliphatic heterocycles. The van der Waals surface area contributed by atoms with Gasteiger partial charge in [0.05, 0.1) is 6.20 Å². The third-order valence-corrected chi connectivity index (χ3v) is 5.62. The van der Waals surface area contributed by atoms with Crippen molar-refractivity contribution >= 4 is 34.7 Å². The Bertz CT molecular complexity index is 820. The average Bonchev–Trinajstić information content (AvgIpc) is 3.29. The fourth-order valence-electron chi connectivity index (χ4n) is 3.17.